The van der Waals surface area contributed by atoms with Crippen LogP contribution in [-0.4, -0.2) is 41.6 Å². The van der Waals surface area contributed by atoms with Gasteiger partial charge in [-0.3, -0.25) is 4.79 Å². The summed E-state index contributed by atoms with van der Waals surface area (Å²) in [5, 5.41) is 12.8. The molecule has 2 fully saturated rings. The first-order chi connectivity index (χ1) is 9.08. The van der Waals surface area contributed by atoms with E-state index in [9.17, 15) is 9.90 Å². The first kappa shape index (κ1) is 12.5. The van der Waals surface area contributed by atoms with Crippen LogP contribution in [0.5, 0.6) is 5.75 Å². The van der Waals surface area contributed by atoms with E-state index in [4.69, 9.17) is 0 Å². The number of carbonyl (C=O) groups is 1. The number of fused-ring (bicyclic) bond motifs is 1. The van der Waals surface area contributed by atoms with E-state index in [1.54, 1.807) is 18.2 Å². The Hall–Kier alpha value is -1.55. The highest BCUT2D eigenvalue weighted by Crippen LogP contribution is 2.33. The third-order valence-corrected chi connectivity index (χ3v) is 4.64. The molecule has 2 heterocycles. The number of phenols is 1. The number of carbonyl (C=O) groups excluding carboxylic acids is 1. The average Bonchev–Trinajstić information content (AvgIpc) is 2.92. The number of aryl methyl sites for hydroxylation is 1. The highest BCUT2D eigenvalue weighted by molar-refractivity contribution is 5.96. The number of amides is 1. The molecule has 19 heavy (non-hydrogen) atoms. The molecular formula is C15H20N2O2. The molecule has 2 aliphatic rings. The van der Waals surface area contributed by atoms with Gasteiger partial charge in [-0.05, 0) is 49.4 Å². The lowest BCUT2D eigenvalue weighted by molar-refractivity contribution is 0.0728. The van der Waals surface area contributed by atoms with Gasteiger partial charge in [-0.1, -0.05) is 0 Å². The molecule has 2 aliphatic heterocycles. The van der Waals surface area contributed by atoms with Crippen molar-refractivity contribution in [1.82, 2.24) is 10.2 Å². The fourth-order valence-electron chi connectivity index (χ4n) is 3.48. The van der Waals surface area contributed by atoms with Crippen molar-refractivity contribution >= 4 is 5.91 Å². The van der Waals surface area contributed by atoms with Gasteiger partial charge in [0.15, 0.2) is 0 Å². The summed E-state index contributed by atoms with van der Waals surface area (Å²) in [6.45, 7) is 6.90. The zero-order valence-corrected chi connectivity index (χ0v) is 11.4. The van der Waals surface area contributed by atoms with E-state index in [1.807, 2.05) is 11.8 Å². The van der Waals surface area contributed by atoms with Gasteiger partial charge in [-0.2, -0.15) is 0 Å². The molecule has 102 valence electrons. The lowest BCUT2D eigenvalue weighted by Crippen LogP contribution is -2.38. The molecule has 4 nitrogen and oxygen atoms in total. The van der Waals surface area contributed by atoms with Crippen LogP contribution < -0.4 is 5.32 Å². The number of hydrogen-bond donors (Lipinski definition) is 2. The van der Waals surface area contributed by atoms with E-state index in [1.165, 1.54) is 0 Å². The summed E-state index contributed by atoms with van der Waals surface area (Å²) in [6, 6.07) is 5.26. The number of rotatable bonds is 1. The number of nitrogens with zero attached hydrogens (tertiary/aromatic N) is 1. The van der Waals surface area contributed by atoms with E-state index < -0.39 is 0 Å². The minimum atomic E-state index is 0.0967. The molecule has 0 spiro atoms. The molecule has 2 saturated heterocycles. The monoisotopic (exact) mass is 260 g/mol. The number of phenolic OH excluding ortho intramolecular Hbond substituents is 1. The Morgan fingerprint density at radius 3 is 2.89 bits per heavy atom. The Labute approximate surface area is 113 Å². The molecule has 2 N–H and O–H groups in total. The second-order valence-corrected chi connectivity index (χ2v) is 5.78. The smallest absolute Gasteiger partial charge is 0.254 e. The lowest BCUT2D eigenvalue weighted by Gasteiger charge is -2.25. The Morgan fingerprint density at radius 2 is 2.21 bits per heavy atom. The van der Waals surface area contributed by atoms with Crippen molar-refractivity contribution in [3.8, 4) is 5.75 Å². The number of benzene rings is 1. The maximum Gasteiger partial charge on any atom is 0.254 e. The van der Waals surface area contributed by atoms with Crippen LogP contribution in [0.25, 0.3) is 0 Å². The van der Waals surface area contributed by atoms with Crippen LogP contribution in [0.1, 0.15) is 22.8 Å². The van der Waals surface area contributed by atoms with Crippen molar-refractivity contribution in [3.05, 3.63) is 29.3 Å². The average molecular weight is 260 g/mol. The van der Waals surface area contributed by atoms with Crippen molar-refractivity contribution in [1.29, 1.82) is 0 Å². The second kappa shape index (κ2) is 4.53. The molecule has 1 amide bonds. The molecule has 3 unspecified atom stereocenters. The van der Waals surface area contributed by atoms with Crippen molar-refractivity contribution in [3.63, 3.8) is 0 Å². The largest absolute Gasteiger partial charge is 0.508 e. The minimum Gasteiger partial charge on any atom is -0.508 e. The Kier molecular flexibility index (Phi) is 2.97. The predicted octanol–water partition coefficient (Wildman–Crippen LogP) is 1.38. The van der Waals surface area contributed by atoms with Crippen LogP contribution >= 0.6 is 0 Å². The maximum absolute atomic E-state index is 12.6. The fourth-order valence-corrected chi connectivity index (χ4v) is 3.48. The minimum absolute atomic E-state index is 0.0967. The summed E-state index contributed by atoms with van der Waals surface area (Å²) < 4.78 is 0. The zero-order valence-electron chi connectivity index (χ0n) is 11.4. The number of hydrogen-bond acceptors (Lipinski definition) is 3. The first-order valence-corrected chi connectivity index (χ1v) is 6.89. The van der Waals surface area contributed by atoms with E-state index in [-0.39, 0.29) is 11.7 Å². The third kappa shape index (κ3) is 2.00. The molecule has 4 heteroatoms. The van der Waals surface area contributed by atoms with Crippen LogP contribution in [0.3, 0.4) is 0 Å². The van der Waals surface area contributed by atoms with Crippen LogP contribution in [-0.2, 0) is 0 Å². The zero-order chi connectivity index (χ0) is 13.6. The normalized spacial score (nSPS) is 29.6. The van der Waals surface area contributed by atoms with E-state index in [2.05, 4.69) is 12.2 Å². The van der Waals surface area contributed by atoms with Gasteiger partial charge in [-0.25, -0.2) is 0 Å². The number of likely N-dealkylation sites (tertiary alicyclic amines) is 1. The van der Waals surface area contributed by atoms with Crippen molar-refractivity contribution < 1.29 is 9.90 Å². The first-order valence-electron chi connectivity index (χ1n) is 6.89. The highest BCUT2D eigenvalue weighted by atomic mass is 16.3. The predicted molar refractivity (Wildman–Crippen MR) is 73.2 cm³/mol. The van der Waals surface area contributed by atoms with E-state index in [0.717, 1.165) is 25.2 Å². The molecule has 0 radical (unpaired) electrons. The molecule has 0 aromatic heterocycles. The van der Waals surface area contributed by atoms with Gasteiger partial charge in [0.1, 0.15) is 5.75 Å². The molecule has 3 atom stereocenters. The van der Waals surface area contributed by atoms with Crippen molar-refractivity contribution in [2.45, 2.75) is 19.9 Å². The van der Waals surface area contributed by atoms with Crippen LogP contribution in [0.15, 0.2) is 18.2 Å². The summed E-state index contributed by atoms with van der Waals surface area (Å²) in [7, 11) is 0. The maximum atomic E-state index is 12.6. The summed E-state index contributed by atoms with van der Waals surface area (Å²) in [5.41, 5.74) is 1.55. The summed E-state index contributed by atoms with van der Waals surface area (Å²) in [4.78, 5) is 14.6. The van der Waals surface area contributed by atoms with Gasteiger partial charge in [-0.15, -0.1) is 0 Å². The molecule has 1 aromatic carbocycles. The van der Waals surface area contributed by atoms with E-state index >= 15 is 0 Å². The van der Waals surface area contributed by atoms with Crippen LogP contribution in [0, 0.1) is 18.8 Å². The molecule has 0 saturated carbocycles. The Morgan fingerprint density at radius 1 is 1.42 bits per heavy atom. The van der Waals surface area contributed by atoms with E-state index in [0.29, 0.717) is 23.4 Å². The Balaban J connectivity index is 1.84. The van der Waals surface area contributed by atoms with Gasteiger partial charge < -0.3 is 15.3 Å². The topological polar surface area (TPSA) is 52.6 Å². The molecular weight excluding hydrogens is 240 g/mol. The molecule has 0 aliphatic carbocycles. The lowest BCUT2D eigenvalue weighted by atomic mass is 9.95. The summed E-state index contributed by atoms with van der Waals surface area (Å²) in [5.74, 6) is 1.49. The Bertz CT molecular complexity index is 515. The standard InChI is InChI=1S/C15H20N2O2/c1-9-5-12(18)3-4-13(9)15(19)17-8-11-6-16-7-14(11)10(17)2/h3-5,10-11,14,16,18H,6-8H2,1-2H3. The molecule has 3 rings (SSSR count). The summed E-state index contributed by atoms with van der Waals surface area (Å²) in [6.07, 6.45) is 0. The van der Waals surface area contributed by atoms with Crippen molar-refractivity contribution in [2.24, 2.45) is 11.8 Å². The third-order valence-electron chi connectivity index (χ3n) is 4.64. The van der Waals surface area contributed by atoms with Gasteiger partial charge in [0, 0.05) is 31.2 Å². The van der Waals surface area contributed by atoms with Gasteiger partial charge >= 0.3 is 0 Å². The number of aromatic hydroxyl groups is 1. The van der Waals surface area contributed by atoms with Crippen molar-refractivity contribution in [2.75, 3.05) is 19.6 Å². The second-order valence-electron chi connectivity index (χ2n) is 5.78. The SMILES string of the molecule is Cc1cc(O)ccc1C(=O)N1CC2CNCC2C1C. The number of nitrogens with one attached hydrogen (secondary N) is 1. The van der Waals surface area contributed by atoms with Crippen LogP contribution in [0.4, 0.5) is 0 Å². The van der Waals surface area contributed by atoms with Gasteiger partial charge in [0.05, 0.1) is 0 Å². The van der Waals surface area contributed by atoms with Crippen LogP contribution in [0.2, 0.25) is 0 Å². The molecule has 0 bridgehead atoms. The highest BCUT2D eigenvalue weighted by Gasteiger charge is 2.43. The van der Waals surface area contributed by atoms with Gasteiger partial charge in [0.2, 0.25) is 0 Å². The summed E-state index contributed by atoms with van der Waals surface area (Å²) >= 11 is 0. The molecule has 1 aromatic rings. The van der Waals surface area contributed by atoms with Gasteiger partial charge in [0.25, 0.3) is 5.91 Å². The fraction of sp³-hybridized carbons (Fsp3) is 0.533. The quantitative estimate of drug-likeness (QED) is 0.802.